The van der Waals surface area contributed by atoms with E-state index < -0.39 is 49.5 Å². The van der Waals surface area contributed by atoms with Gasteiger partial charge in [-0.25, -0.2) is 0 Å². The van der Waals surface area contributed by atoms with Crippen LogP contribution in [0.25, 0.3) is 0 Å². The van der Waals surface area contributed by atoms with Gasteiger partial charge in [0.2, 0.25) is 5.91 Å². The Morgan fingerprint density at radius 3 is 1.18 bits per heavy atom. The lowest BCUT2D eigenvalue weighted by molar-refractivity contribution is -0.302. The molecule has 6 N–H and O–H groups in total. The number of unbranched alkanes of at least 4 members (excludes halogenated alkanes) is 39. The van der Waals surface area contributed by atoms with E-state index in [9.17, 15) is 30.3 Å². The lowest BCUT2D eigenvalue weighted by Crippen LogP contribution is -2.60. The minimum atomic E-state index is -1.57. The second kappa shape index (κ2) is 51.9. The molecule has 1 aliphatic heterocycles. The van der Waals surface area contributed by atoms with Crippen LogP contribution in [-0.2, 0) is 14.3 Å². The molecule has 1 amide bonds. The fraction of sp³-hybridized carbons (Fsp3) is 0.887. The minimum absolute atomic E-state index is 0.183. The van der Waals surface area contributed by atoms with Crippen molar-refractivity contribution < 1.29 is 39.8 Å². The standard InChI is InChI=1S/C62H117NO8/c1-3-5-7-9-11-13-15-17-19-21-22-23-24-25-26-27-28-29-30-31-32-33-34-36-38-40-42-44-46-48-50-52-58(66)63-55(54-70-62-61(69)60(68)59(67)57(53-64)71-62)56(65)51-49-47-45-43-41-39-37-35-20-18-16-14-12-10-8-6-4-2/h25-26,41,43,49,51,55-57,59-62,64-65,67-69H,3-24,27-40,42,44-48,50,52-54H2,1-2H3,(H,63,66)/b26-25-,43-41+,51-49+. The number of carbonyl (C=O) groups is 1. The van der Waals surface area contributed by atoms with Crippen molar-refractivity contribution in [2.24, 2.45) is 0 Å². The van der Waals surface area contributed by atoms with Gasteiger partial charge >= 0.3 is 0 Å². The van der Waals surface area contributed by atoms with Crippen LogP contribution in [0.5, 0.6) is 0 Å². The van der Waals surface area contributed by atoms with Crippen molar-refractivity contribution in [2.75, 3.05) is 13.2 Å². The van der Waals surface area contributed by atoms with Crippen LogP contribution in [-0.4, -0.2) is 87.5 Å². The molecule has 1 saturated heterocycles. The topological polar surface area (TPSA) is 149 Å². The summed E-state index contributed by atoms with van der Waals surface area (Å²) >= 11 is 0. The van der Waals surface area contributed by atoms with Gasteiger partial charge in [-0.1, -0.05) is 269 Å². The number of amides is 1. The van der Waals surface area contributed by atoms with Crippen LogP contribution in [0.1, 0.15) is 296 Å². The van der Waals surface area contributed by atoms with Crippen LogP contribution >= 0.6 is 0 Å². The molecule has 0 radical (unpaired) electrons. The van der Waals surface area contributed by atoms with E-state index in [2.05, 4.69) is 43.5 Å². The largest absolute Gasteiger partial charge is 0.394 e. The highest BCUT2D eigenvalue weighted by molar-refractivity contribution is 5.76. The maximum atomic E-state index is 13.1. The Labute approximate surface area is 438 Å². The van der Waals surface area contributed by atoms with Gasteiger partial charge in [0.1, 0.15) is 24.4 Å². The van der Waals surface area contributed by atoms with Crippen LogP contribution < -0.4 is 5.32 Å². The average Bonchev–Trinajstić information content (AvgIpc) is 3.37. The second-order valence-corrected chi connectivity index (χ2v) is 21.5. The van der Waals surface area contributed by atoms with E-state index in [0.717, 1.165) is 38.5 Å². The van der Waals surface area contributed by atoms with Gasteiger partial charge in [-0.2, -0.15) is 0 Å². The summed E-state index contributed by atoms with van der Waals surface area (Å²) in [7, 11) is 0. The molecule has 7 unspecified atom stereocenters. The molecule has 0 aromatic rings. The maximum Gasteiger partial charge on any atom is 0.220 e. The summed E-state index contributed by atoms with van der Waals surface area (Å²) in [6.45, 7) is 3.79. The summed E-state index contributed by atoms with van der Waals surface area (Å²) in [5, 5.41) is 54.5. The van der Waals surface area contributed by atoms with Gasteiger partial charge in [-0.05, 0) is 57.8 Å². The molecule has 0 aromatic heterocycles. The first kappa shape index (κ1) is 67.4. The number of hydrogen-bond acceptors (Lipinski definition) is 8. The van der Waals surface area contributed by atoms with Crippen molar-refractivity contribution in [1.82, 2.24) is 5.32 Å². The van der Waals surface area contributed by atoms with Crippen LogP contribution in [0.3, 0.4) is 0 Å². The quantitative estimate of drug-likeness (QED) is 0.0261. The van der Waals surface area contributed by atoms with E-state index in [1.807, 2.05) is 6.08 Å². The van der Waals surface area contributed by atoms with Crippen molar-refractivity contribution >= 4 is 5.91 Å². The van der Waals surface area contributed by atoms with E-state index in [1.54, 1.807) is 6.08 Å². The van der Waals surface area contributed by atoms with Crippen LogP contribution in [0, 0.1) is 0 Å². The van der Waals surface area contributed by atoms with Crippen LogP contribution in [0.4, 0.5) is 0 Å². The average molecular weight is 1000 g/mol. The first-order valence-electron chi connectivity index (χ1n) is 30.7. The first-order valence-corrected chi connectivity index (χ1v) is 30.7. The highest BCUT2D eigenvalue weighted by Gasteiger charge is 2.44. The van der Waals surface area contributed by atoms with Gasteiger partial charge in [0.15, 0.2) is 6.29 Å². The van der Waals surface area contributed by atoms with Crippen molar-refractivity contribution in [2.45, 2.75) is 339 Å². The zero-order valence-corrected chi connectivity index (χ0v) is 46.5. The SMILES string of the molecule is CCCCCCCCCCCCC/C=C/CC/C=C/C(O)C(COC1OC(CO)C(O)C(O)C1O)NC(=O)CCCCCCCCCCCCCCCCC/C=C\CCCCCCCCCCCCCC. The summed E-state index contributed by atoms with van der Waals surface area (Å²) in [5.74, 6) is -0.183. The minimum Gasteiger partial charge on any atom is -0.394 e. The highest BCUT2D eigenvalue weighted by atomic mass is 16.7. The normalized spacial score (nSPS) is 19.5. The molecule has 1 rings (SSSR count). The number of nitrogens with one attached hydrogen (secondary N) is 1. The van der Waals surface area contributed by atoms with E-state index in [1.165, 1.54) is 238 Å². The van der Waals surface area contributed by atoms with E-state index in [-0.39, 0.29) is 12.5 Å². The fourth-order valence-electron chi connectivity index (χ4n) is 9.82. The van der Waals surface area contributed by atoms with Gasteiger partial charge in [0.05, 0.1) is 25.4 Å². The number of ether oxygens (including phenoxy) is 2. The summed E-state index contributed by atoms with van der Waals surface area (Å²) < 4.78 is 11.3. The smallest absolute Gasteiger partial charge is 0.220 e. The van der Waals surface area contributed by atoms with Crippen molar-refractivity contribution in [3.05, 3.63) is 36.5 Å². The number of carbonyl (C=O) groups excluding carboxylic acids is 1. The molecular formula is C62H117NO8. The maximum absolute atomic E-state index is 13.1. The molecule has 1 heterocycles. The number of allylic oxidation sites excluding steroid dienone is 5. The van der Waals surface area contributed by atoms with E-state index in [0.29, 0.717) is 6.42 Å². The monoisotopic (exact) mass is 1000 g/mol. The third-order valence-corrected chi connectivity index (χ3v) is 14.7. The predicted molar refractivity (Wildman–Crippen MR) is 300 cm³/mol. The summed E-state index contributed by atoms with van der Waals surface area (Å²) in [4.78, 5) is 13.1. The van der Waals surface area contributed by atoms with Gasteiger partial charge in [-0.15, -0.1) is 0 Å². The zero-order valence-electron chi connectivity index (χ0n) is 46.5. The molecule has 9 heteroatoms. The lowest BCUT2D eigenvalue weighted by atomic mass is 9.99. The molecular weight excluding hydrogens is 887 g/mol. The summed E-state index contributed by atoms with van der Waals surface area (Å²) in [6, 6.07) is -0.821. The van der Waals surface area contributed by atoms with Crippen LogP contribution in [0.15, 0.2) is 36.5 Å². The molecule has 9 nitrogen and oxygen atoms in total. The van der Waals surface area contributed by atoms with Gasteiger partial charge in [0, 0.05) is 6.42 Å². The summed E-state index contributed by atoms with van der Waals surface area (Å²) in [5.41, 5.74) is 0. The Morgan fingerprint density at radius 2 is 0.803 bits per heavy atom. The molecule has 0 bridgehead atoms. The number of rotatable bonds is 53. The molecule has 1 fully saturated rings. The Balaban J connectivity index is 2.15. The first-order chi connectivity index (χ1) is 34.8. The third-order valence-electron chi connectivity index (χ3n) is 14.7. The van der Waals surface area contributed by atoms with Gasteiger partial charge in [-0.3, -0.25) is 4.79 Å². The highest BCUT2D eigenvalue weighted by Crippen LogP contribution is 2.23. The lowest BCUT2D eigenvalue weighted by Gasteiger charge is -2.40. The molecule has 0 aliphatic carbocycles. The van der Waals surface area contributed by atoms with Crippen molar-refractivity contribution in [1.29, 1.82) is 0 Å². The molecule has 418 valence electrons. The summed E-state index contributed by atoms with van der Waals surface area (Å²) in [6.07, 6.45) is 60.9. The van der Waals surface area contributed by atoms with Gasteiger partial charge < -0.3 is 40.3 Å². The number of aliphatic hydroxyl groups excluding tert-OH is 5. The predicted octanol–water partition coefficient (Wildman–Crippen LogP) is 15.5. The molecule has 1 aliphatic rings. The second-order valence-electron chi connectivity index (χ2n) is 21.5. The zero-order chi connectivity index (χ0) is 51.5. The van der Waals surface area contributed by atoms with Crippen molar-refractivity contribution in [3.8, 4) is 0 Å². The molecule has 0 aromatic carbocycles. The fourth-order valence-corrected chi connectivity index (χ4v) is 9.82. The Morgan fingerprint density at radius 1 is 0.465 bits per heavy atom. The molecule has 0 spiro atoms. The Hall–Kier alpha value is -1.59. The Bertz CT molecular complexity index is 1210. The Kier molecular flexibility index (Phi) is 49.3. The molecule has 7 atom stereocenters. The van der Waals surface area contributed by atoms with Crippen molar-refractivity contribution in [3.63, 3.8) is 0 Å². The molecule has 71 heavy (non-hydrogen) atoms. The third kappa shape index (κ3) is 41.4. The number of hydrogen-bond donors (Lipinski definition) is 6. The molecule has 0 saturated carbocycles. The van der Waals surface area contributed by atoms with E-state index in [4.69, 9.17) is 9.47 Å². The van der Waals surface area contributed by atoms with Gasteiger partial charge in [0.25, 0.3) is 0 Å². The van der Waals surface area contributed by atoms with Crippen LogP contribution in [0.2, 0.25) is 0 Å². The van der Waals surface area contributed by atoms with E-state index >= 15 is 0 Å². The number of aliphatic hydroxyl groups is 5.